The van der Waals surface area contributed by atoms with Crippen LogP contribution in [0.25, 0.3) is 10.2 Å². The molecule has 20 heavy (non-hydrogen) atoms. The molecule has 0 aromatic carbocycles. The van der Waals surface area contributed by atoms with Crippen molar-refractivity contribution in [3.63, 3.8) is 0 Å². The predicted molar refractivity (Wildman–Crippen MR) is 89.0 cm³/mol. The molecule has 0 bridgehead atoms. The first-order chi connectivity index (χ1) is 9.30. The number of aromatic nitrogens is 2. The van der Waals surface area contributed by atoms with E-state index in [2.05, 4.69) is 62.9 Å². The molecule has 0 aliphatic heterocycles. The van der Waals surface area contributed by atoms with E-state index in [0.29, 0.717) is 0 Å². The number of aryl methyl sites for hydroxylation is 1. The third kappa shape index (κ3) is 3.39. The molecule has 2 aromatic rings. The van der Waals surface area contributed by atoms with Gasteiger partial charge in [0.2, 0.25) is 5.95 Å². The van der Waals surface area contributed by atoms with Crippen molar-refractivity contribution in [3.8, 4) is 0 Å². The standard InChI is InChI=1S/C15H24N4S/c1-7-16-14-17-12(19(6)9-15(3,4)5)11-8-10(2)20-13(11)18-14/h8H,7,9H2,1-6H3,(H,16,17,18). The second-order valence-electron chi connectivity index (χ2n) is 6.39. The zero-order valence-corrected chi connectivity index (χ0v) is 14.1. The van der Waals surface area contributed by atoms with Gasteiger partial charge in [-0.25, -0.2) is 4.98 Å². The zero-order valence-electron chi connectivity index (χ0n) is 13.2. The fourth-order valence-corrected chi connectivity index (χ4v) is 3.22. The van der Waals surface area contributed by atoms with Crippen LogP contribution in [-0.2, 0) is 0 Å². The van der Waals surface area contributed by atoms with E-state index in [0.717, 1.165) is 35.1 Å². The van der Waals surface area contributed by atoms with Crippen LogP contribution in [0.15, 0.2) is 6.07 Å². The van der Waals surface area contributed by atoms with Crippen molar-refractivity contribution < 1.29 is 0 Å². The number of nitrogens with zero attached hydrogens (tertiary/aromatic N) is 3. The summed E-state index contributed by atoms with van der Waals surface area (Å²) in [6.45, 7) is 12.7. The molecule has 0 fully saturated rings. The van der Waals surface area contributed by atoms with Crippen LogP contribution in [0.3, 0.4) is 0 Å². The molecule has 0 radical (unpaired) electrons. The maximum Gasteiger partial charge on any atom is 0.226 e. The van der Waals surface area contributed by atoms with Crippen LogP contribution in [0.1, 0.15) is 32.6 Å². The Morgan fingerprint density at radius 1 is 1.30 bits per heavy atom. The molecule has 110 valence electrons. The molecule has 0 atom stereocenters. The van der Waals surface area contributed by atoms with Crippen LogP contribution in [0.4, 0.5) is 11.8 Å². The highest BCUT2D eigenvalue weighted by Gasteiger charge is 2.18. The van der Waals surface area contributed by atoms with Crippen molar-refractivity contribution in [2.24, 2.45) is 5.41 Å². The Bertz CT molecular complexity index is 598. The summed E-state index contributed by atoms with van der Waals surface area (Å²) in [4.78, 5) is 13.9. The topological polar surface area (TPSA) is 41.1 Å². The summed E-state index contributed by atoms with van der Waals surface area (Å²) in [7, 11) is 2.11. The molecule has 4 nitrogen and oxygen atoms in total. The number of hydrogen-bond acceptors (Lipinski definition) is 5. The van der Waals surface area contributed by atoms with Gasteiger partial charge in [-0.15, -0.1) is 11.3 Å². The quantitative estimate of drug-likeness (QED) is 0.927. The number of thiophene rings is 1. The van der Waals surface area contributed by atoms with Gasteiger partial charge < -0.3 is 10.2 Å². The van der Waals surface area contributed by atoms with Crippen molar-refractivity contribution in [1.29, 1.82) is 0 Å². The average Bonchev–Trinajstić information content (AvgIpc) is 2.66. The van der Waals surface area contributed by atoms with Crippen LogP contribution in [0, 0.1) is 12.3 Å². The van der Waals surface area contributed by atoms with Crippen molar-refractivity contribution >= 4 is 33.3 Å². The van der Waals surface area contributed by atoms with E-state index in [1.807, 2.05) is 0 Å². The van der Waals surface area contributed by atoms with E-state index in [9.17, 15) is 0 Å². The van der Waals surface area contributed by atoms with E-state index < -0.39 is 0 Å². The highest BCUT2D eigenvalue weighted by Crippen LogP contribution is 2.32. The van der Waals surface area contributed by atoms with Crippen LogP contribution >= 0.6 is 11.3 Å². The third-order valence-corrected chi connectivity index (χ3v) is 3.85. The Morgan fingerprint density at radius 3 is 2.60 bits per heavy atom. The van der Waals surface area contributed by atoms with Gasteiger partial charge in [0.1, 0.15) is 10.6 Å². The average molecular weight is 292 g/mol. The summed E-state index contributed by atoms with van der Waals surface area (Å²) in [5, 5.41) is 4.38. The third-order valence-electron chi connectivity index (χ3n) is 2.90. The Kier molecular flexibility index (Phi) is 4.18. The number of nitrogens with one attached hydrogen (secondary N) is 1. The van der Waals surface area contributed by atoms with E-state index in [1.54, 1.807) is 11.3 Å². The Hall–Kier alpha value is -1.36. The monoisotopic (exact) mass is 292 g/mol. The van der Waals surface area contributed by atoms with Crippen LogP contribution in [0.2, 0.25) is 0 Å². The Labute approximate surface area is 125 Å². The van der Waals surface area contributed by atoms with Gasteiger partial charge in [-0.05, 0) is 25.3 Å². The van der Waals surface area contributed by atoms with Gasteiger partial charge in [-0.1, -0.05) is 20.8 Å². The van der Waals surface area contributed by atoms with Gasteiger partial charge in [0.25, 0.3) is 0 Å². The first-order valence-electron chi connectivity index (χ1n) is 7.03. The van der Waals surface area contributed by atoms with E-state index in [4.69, 9.17) is 4.98 Å². The van der Waals surface area contributed by atoms with Gasteiger partial charge >= 0.3 is 0 Å². The minimum absolute atomic E-state index is 0.232. The second kappa shape index (κ2) is 5.56. The summed E-state index contributed by atoms with van der Waals surface area (Å²) in [5.74, 6) is 1.74. The minimum Gasteiger partial charge on any atom is -0.358 e. The van der Waals surface area contributed by atoms with Crippen LogP contribution < -0.4 is 10.2 Å². The molecule has 0 saturated heterocycles. The Balaban J connectivity index is 2.48. The van der Waals surface area contributed by atoms with E-state index >= 15 is 0 Å². The molecule has 5 heteroatoms. The summed E-state index contributed by atoms with van der Waals surface area (Å²) in [6, 6.07) is 2.18. The summed E-state index contributed by atoms with van der Waals surface area (Å²) in [5.41, 5.74) is 0.232. The zero-order chi connectivity index (χ0) is 14.9. The Morgan fingerprint density at radius 2 is 2.00 bits per heavy atom. The fourth-order valence-electron chi connectivity index (χ4n) is 2.34. The molecule has 0 aliphatic carbocycles. The lowest BCUT2D eigenvalue weighted by molar-refractivity contribution is 0.418. The summed E-state index contributed by atoms with van der Waals surface area (Å²) in [6.07, 6.45) is 0. The van der Waals surface area contributed by atoms with Gasteiger partial charge in [-0.3, -0.25) is 0 Å². The normalized spacial score (nSPS) is 11.9. The molecule has 1 N–H and O–H groups in total. The van der Waals surface area contributed by atoms with Crippen molar-refractivity contribution in [3.05, 3.63) is 10.9 Å². The van der Waals surface area contributed by atoms with Gasteiger partial charge in [0, 0.05) is 25.0 Å². The fraction of sp³-hybridized carbons (Fsp3) is 0.600. The summed E-state index contributed by atoms with van der Waals surface area (Å²) < 4.78 is 0. The summed E-state index contributed by atoms with van der Waals surface area (Å²) >= 11 is 1.72. The smallest absolute Gasteiger partial charge is 0.226 e. The van der Waals surface area contributed by atoms with Crippen molar-refractivity contribution in [2.75, 3.05) is 30.4 Å². The number of anilines is 2. The maximum absolute atomic E-state index is 4.70. The molecular weight excluding hydrogens is 268 g/mol. The molecule has 0 unspecified atom stereocenters. The van der Waals surface area contributed by atoms with Crippen LogP contribution in [-0.4, -0.2) is 30.1 Å². The van der Waals surface area contributed by atoms with Crippen LogP contribution in [0.5, 0.6) is 0 Å². The molecule has 0 spiro atoms. The lowest BCUT2D eigenvalue weighted by Crippen LogP contribution is -2.30. The van der Waals surface area contributed by atoms with Crippen molar-refractivity contribution in [2.45, 2.75) is 34.6 Å². The SMILES string of the molecule is CCNc1nc(N(C)CC(C)(C)C)c2cc(C)sc2n1. The molecule has 0 amide bonds. The minimum atomic E-state index is 0.232. The predicted octanol–water partition coefficient (Wildman–Crippen LogP) is 3.91. The molecule has 0 saturated carbocycles. The molecule has 0 aliphatic rings. The molecular formula is C15H24N4S. The van der Waals surface area contributed by atoms with Crippen molar-refractivity contribution in [1.82, 2.24) is 9.97 Å². The van der Waals surface area contributed by atoms with Gasteiger partial charge in [0.05, 0.1) is 5.39 Å². The lowest BCUT2D eigenvalue weighted by atomic mass is 9.96. The highest BCUT2D eigenvalue weighted by atomic mass is 32.1. The van der Waals surface area contributed by atoms with Gasteiger partial charge in [0.15, 0.2) is 0 Å². The van der Waals surface area contributed by atoms with E-state index in [-0.39, 0.29) is 5.41 Å². The molecule has 2 aromatic heterocycles. The first-order valence-corrected chi connectivity index (χ1v) is 7.85. The number of hydrogen-bond donors (Lipinski definition) is 1. The van der Waals surface area contributed by atoms with Gasteiger partial charge in [-0.2, -0.15) is 4.98 Å². The largest absolute Gasteiger partial charge is 0.358 e. The molecule has 2 heterocycles. The number of fused-ring (bicyclic) bond motifs is 1. The van der Waals surface area contributed by atoms with E-state index in [1.165, 1.54) is 4.88 Å². The highest BCUT2D eigenvalue weighted by molar-refractivity contribution is 7.18. The lowest BCUT2D eigenvalue weighted by Gasteiger charge is -2.28. The molecule has 2 rings (SSSR count). The maximum atomic E-state index is 4.70. The first kappa shape index (κ1) is 15.0. The number of rotatable bonds is 4. The second-order valence-corrected chi connectivity index (χ2v) is 7.63.